The second kappa shape index (κ2) is 1.78. The minimum atomic E-state index is -0.216. The Morgan fingerprint density at radius 2 is 1.87 bits per heavy atom. The molecule has 0 aromatic carbocycles. The van der Waals surface area contributed by atoms with Crippen LogP contribution in [0.15, 0.2) is 0 Å². The van der Waals surface area contributed by atoms with Gasteiger partial charge in [0.2, 0.25) is 11.6 Å². The molecule has 5 rings (SSSR count). The zero-order valence-electron chi connectivity index (χ0n) is 8.75. The van der Waals surface area contributed by atoms with Gasteiger partial charge < -0.3 is 18.9 Å². The molecule has 4 aliphatic heterocycles. The lowest BCUT2D eigenvalue weighted by Gasteiger charge is -2.36. The van der Waals surface area contributed by atoms with Crippen molar-refractivity contribution in [1.82, 2.24) is 0 Å². The van der Waals surface area contributed by atoms with E-state index in [9.17, 15) is 0 Å². The summed E-state index contributed by atoms with van der Waals surface area (Å²) < 4.78 is 22.6. The summed E-state index contributed by atoms with van der Waals surface area (Å²) in [6.07, 6.45) is 3.49. The van der Waals surface area contributed by atoms with Crippen molar-refractivity contribution in [2.45, 2.75) is 49.5 Å². The van der Waals surface area contributed by atoms with E-state index in [1.54, 1.807) is 0 Å². The molecule has 4 nitrogen and oxygen atoms in total. The van der Waals surface area contributed by atoms with Crippen LogP contribution in [0.25, 0.3) is 0 Å². The molecule has 3 unspecified atom stereocenters. The summed E-state index contributed by atoms with van der Waals surface area (Å²) in [5.41, 5.74) is 0.177. The standard InChI is InChI=1S/C11H14O4/c1-8(6-13-8)9(7-4-12-7)2-3-10-11(5-9,14-10)15-10/h7H,2-6H2,1H3. The third-order valence-corrected chi connectivity index (χ3v) is 5.19. The summed E-state index contributed by atoms with van der Waals surface area (Å²) in [7, 11) is 0. The maximum atomic E-state index is 5.68. The average molecular weight is 210 g/mol. The number of epoxide rings is 4. The number of rotatable bonds is 2. The summed E-state index contributed by atoms with van der Waals surface area (Å²) >= 11 is 0. The first-order chi connectivity index (χ1) is 7.14. The molecule has 82 valence electrons. The molecule has 5 fully saturated rings. The van der Waals surface area contributed by atoms with E-state index in [0.717, 1.165) is 32.5 Å². The van der Waals surface area contributed by atoms with Crippen LogP contribution >= 0.6 is 0 Å². The van der Waals surface area contributed by atoms with Crippen LogP contribution in [0.5, 0.6) is 0 Å². The largest absolute Gasteiger partial charge is 0.372 e. The van der Waals surface area contributed by atoms with E-state index >= 15 is 0 Å². The summed E-state index contributed by atoms with van der Waals surface area (Å²) in [5.74, 6) is -0.372. The van der Waals surface area contributed by atoms with Crippen molar-refractivity contribution < 1.29 is 18.9 Å². The van der Waals surface area contributed by atoms with Crippen LogP contribution in [0.1, 0.15) is 26.2 Å². The van der Waals surface area contributed by atoms with E-state index in [4.69, 9.17) is 18.9 Å². The lowest BCUT2D eigenvalue weighted by atomic mass is 9.64. The molecule has 4 saturated heterocycles. The van der Waals surface area contributed by atoms with Gasteiger partial charge in [-0.25, -0.2) is 0 Å². The molecule has 1 saturated carbocycles. The summed E-state index contributed by atoms with van der Waals surface area (Å²) in [5, 5.41) is 0. The number of hydrogen-bond donors (Lipinski definition) is 0. The van der Waals surface area contributed by atoms with Gasteiger partial charge in [-0.1, -0.05) is 0 Å². The van der Waals surface area contributed by atoms with Gasteiger partial charge in [0, 0.05) is 18.3 Å². The van der Waals surface area contributed by atoms with E-state index in [1.165, 1.54) is 0 Å². The van der Waals surface area contributed by atoms with Gasteiger partial charge in [0.1, 0.15) is 0 Å². The molecule has 0 spiro atoms. The van der Waals surface area contributed by atoms with Gasteiger partial charge in [0.15, 0.2) is 0 Å². The minimum Gasteiger partial charge on any atom is -0.372 e. The highest BCUT2D eigenvalue weighted by molar-refractivity contribution is 5.28. The van der Waals surface area contributed by atoms with Crippen LogP contribution in [-0.4, -0.2) is 36.5 Å². The fourth-order valence-electron chi connectivity index (χ4n) is 3.71. The lowest BCUT2D eigenvalue weighted by molar-refractivity contribution is -0.100. The van der Waals surface area contributed by atoms with Gasteiger partial charge in [-0.05, 0) is 13.3 Å². The second-order valence-corrected chi connectivity index (χ2v) is 5.88. The Balaban J connectivity index is 1.57. The molecule has 4 heteroatoms. The quantitative estimate of drug-likeness (QED) is 0.632. The Morgan fingerprint density at radius 1 is 1.13 bits per heavy atom. The monoisotopic (exact) mass is 210 g/mol. The van der Waals surface area contributed by atoms with Crippen LogP contribution in [0.3, 0.4) is 0 Å². The smallest absolute Gasteiger partial charge is 0.230 e. The van der Waals surface area contributed by atoms with Gasteiger partial charge >= 0.3 is 0 Å². The molecule has 4 heterocycles. The Labute approximate surface area is 87.8 Å². The molecule has 5 aliphatic rings. The fourth-order valence-corrected chi connectivity index (χ4v) is 3.71. The molecule has 3 atom stereocenters. The summed E-state index contributed by atoms with van der Waals surface area (Å²) in [6.45, 7) is 3.97. The SMILES string of the molecule is CC1(C2(C3CO3)CCC34OC3(C2)O4)CO1. The van der Waals surface area contributed by atoms with Crippen LogP contribution in [-0.2, 0) is 18.9 Å². The first-order valence-electron chi connectivity index (χ1n) is 5.80. The van der Waals surface area contributed by atoms with Crippen molar-refractivity contribution in [2.75, 3.05) is 13.2 Å². The van der Waals surface area contributed by atoms with Crippen LogP contribution < -0.4 is 0 Å². The van der Waals surface area contributed by atoms with Crippen molar-refractivity contribution in [3.8, 4) is 0 Å². The van der Waals surface area contributed by atoms with E-state index in [-0.39, 0.29) is 22.6 Å². The van der Waals surface area contributed by atoms with Crippen molar-refractivity contribution in [1.29, 1.82) is 0 Å². The van der Waals surface area contributed by atoms with E-state index in [0.29, 0.717) is 6.10 Å². The van der Waals surface area contributed by atoms with E-state index < -0.39 is 0 Å². The lowest BCUT2D eigenvalue weighted by Crippen LogP contribution is -2.45. The van der Waals surface area contributed by atoms with Crippen LogP contribution in [0, 0.1) is 5.41 Å². The Hall–Kier alpha value is -0.160. The highest BCUT2D eigenvalue weighted by Crippen LogP contribution is 2.79. The Kier molecular flexibility index (Phi) is 0.948. The molecule has 0 N–H and O–H groups in total. The highest BCUT2D eigenvalue weighted by Gasteiger charge is 2.94. The predicted molar refractivity (Wildman–Crippen MR) is 48.0 cm³/mol. The third-order valence-electron chi connectivity index (χ3n) is 5.19. The van der Waals surface area contributed by atoms with Crippen molar-refractivity contribution in [3.05, 3.63) is 0 Å². The number of ether oxygens (including phenoxy) is 4. The summed E-state index contributed by atoms with van der Waals surface area (Å²) in [4.78, 5) is 0. The van der Waals surface area contributed by atoms with Gasteiger partial charge in [0.25, 0.3) is 0 Å². The molecule has 0 aromatic heterocycles. The first kappa shape index (κ1) is 8.01. The van der Waals surface area contributed by atoms with Crippen molar-refractivity contribution in [2.24, 2.45) is 5.41 Å². The topological polar surface area (TPSA) is 50.1 Å². The van der Waals surface area contributed by atoms with Crippen LogP contribution in [0.4, 0.5) is 0 Å². The van der Waals surface area contributed by atoms with Gasteiger partial charge in [-0.3, -0.25) is 0 Å². The first-order valence-corrected chi connectivity index (χ1v) is 5.80. The van der Waals surface area contributed by atoms with E-state index in [2.05, 4.69) is 6.92 Å². The van der Waals surface area contributed by atoms with E-state index in [1.807, 2.05) is 0 Å². The zero-order valence-corrected chi connectivity index (χ0v) is 8.75. The molecular formula is C11H14O4. The maximum absolute atomic E-state index is 5.68. The molecule has 0 bridgehead atoms. The number of hydrogen-bond acceptors (Lipinski definition) is 4. The minimum absolute atomic E-state index is 0.0208. The maximum Gasteiger partial charge on any atom is 0.230 e. The normalized spacial score (nSPS) is 73.0. The molecule has 15 heavy (non-hydrogen) atoms. The van der Waals surface area contributed by atoms with Gasteiger partial charge in [0.05, 0.1) is 24.9 Å². The van der Waals surface area contributed by atoms with Crippen molar-refractivity contribution in [3.63, 3.8) is 0 Å². The molecule has 0 amide bonds. The molecule has 0 aromatic rings. The summed E-state index contributed by atoms with van der Waals surface area (Å²) in [6, 6.07) is 0. The molecular weight excluding hydrogens is 196 g/mol. The second-order valence-electron chi connectivity index (χ2n) is 5.88. The fraction of sp³-hybridized carbons (Fsp3) is 1.00. The third kappa shape index (κ3) is 0.695. The predicted octanol–water partition coefficient (Wildman–Crippen LogP) is 0.797. The van der Waals surface area contributed by atoms with Gasteiger partial charge in [-0.15, -0.1) is 0 Å². The Morgan fingerprint density at radius 3 is 2.40 bits per heavy atom. The molecule has 0 radical (unpaired) electrons. The van der Waals surface area contributed by atoms with Crippen LogP contribution in [0.2, 0.25) is 0 Å². The van der Waals surface area contributed by atoms with Crippen molar-refractivity contribution >= 4 is 0 Å². The average Bonchev–Trinajstić information content (AvgIpc) is 2.97. The Bertz CT molecular complexity index is 365. The highest BCUT2D eigenvalue weighted by atomic mass is 17.0. The van der Waals surface area contributed by atoms with Gasteiger partial charge in [-0.2, -0.15) is 0 Å². The zero-order chi connectivity index (χ0) is 9.94. The molecule has 1 aliphatic carbocycles.